The van der Waals surface area contributed by atoms with Crippen LogP contribution in [0.25, 0.3) is 0 Å². The molecule has 5 nitrogen and oxygen atoms in total. The summed E-state index contributed by atoms with van der Waals surface area (Å²) >= 11 is 0. The number of benzene rings is 2. The SMILES string of the molecule is COc1ccccc1OC(=O)CNC(=O)Cc1ccc(C)cc1. The average Bonchev–Trinajstić information content (AvgIpc) is 2.55. The number of hydrogen-bond donors (Lipinski definition) is 1. The van der Waals surface area contributed by atoms with Gasteiger partial charge >= 0.3 is 5.97 Å². The normalized spacial score (nSPS) is 10.0. The summed E-state index contributed by atoms with van der Waals surface area (Å²) in [7, 11) is 1.50. The first-order valence-corrected chi connectivity index (χ1v) is 7.24. The van der Waals surface area contributed by atoms with E-state index in [1.54, 1.807) is 24.3 Å². The lowest BCUT2D eigenvalue weighted by Crippen LogP contribution is -2.32. The number of methoxy groups -OCH3 is 1. The molecule has 0 radical (unpaired) electrons. The Morgan fingerprint density at radius 2 is 1.65 bits per heavy atom. The highest BCUT2D eigenvalue weighted by molar-refractivity contribution is 5.84. The van der Waals surface area contributed by atoms with Gasteiger partial charge < -0.3 is 14.8 Å². The summed E-state index contributed by atoms with van der Waals surface area (Å²) in [5.41, 5.74) is 2.03. The van der Waals surface area contributed by atoms with E-state index in [0.29, 0.717) is 11.5 Å². The fourth-order valence-corrected chi connectivity index (χ4v) is 1.99. The predicted molar refractivity (Wildman–Crippen MR) is 86.5 cm³/mol. The van der Waals surface area contributed by atoms with Gasteiger partial charge in [0.05, 0.1) is 13.5 Å². The Bertz CT molecular complexity index is 680. The van der Waals surface area contributed by atoms with Gasteiger partial charge in [0.1, 0.15) is 6.54 Å². The minimum atomic E-state index is -0.549. The molecule has 0 aromatic heterocycles. The summed E-state index contributed by atoms with van der Waals surface area (Å²) in [4.78, 5) is 23.6. The van der Waals surface area contributed by atoms with Crippen molar-refractivity contribution in [3.63, 3.8) is 0 Å². The first-order valence-electron chi connectivity index (χ1n) is 7.24. The van der Waals surface area contributed by atoms with E-state index in [9.17, 15) is 9.59 Å². The largest absolute Gasteiger partial charge is 0.493 e. The zero-order valence-corrected chi connectivity index (χ0v) is 13.2. The van der Waals surface area contributed by atoms with Crippen LogP contribution in [0, 0.1) is 6.92 Å². The van der Waals surface area contributed by atoms with Crippen LogP contribution >= 0.6 is 0 Å². The number of amides is 1. The van der Waals surface area contributed by atoms with E-state index in [-0.39, 0.29) is 18.9 Å². The number of ether oxygens (including phenoxy) is 2. The van der Waals surface area contributed by atoms with Crippen LogP contribution in [0.15, 0.2) is 48.5 Å². The summed E-state index contributed by atoms with van der Waals surface area (Å²) in [5, 5.41) is 2.55. The van der Waals surface area contributed by atoms with Crippen LogP contribution in [0.4, 0.5) is 0 Å². The van der Waals surface area contributed by atoms with Crippen molar-refractivity contribution in [2.24, 2.45) is 0 Å². The third-order valence-electron chi connectivity index (χ3n) is 3.21. The molecule has 2 aromatic carbocycles. The fourth-order valence-electron chi connectivity index (χ4n) is 1.99. The van der Waals surface area contributed by atoms with Crippen molar-refractivity contribution in [3.05, 3.63) is 59.7 Å². The lowest BCUT2D eigenvalue weighted by molar-refractivity contribution is -0.135. The second kappa shape index (κ2) is 7.98. The topological polar surface area (TPSA) is 64.6 Å². The number of nitrogens with one attached hydrogen (secondary N) is 1. The van der Waals surface area contributed by atoms with Gasteiger partial charge in [-0.2, -0.15) is 0 Å². The minimum Gasteiger partial charge on any atom is -0.493 e. The highest BCUT2D eigenvalue weighted by Crippen LogP contribution is 2.25. The lowest BCUT2D eigenvalue weighted by Gasteiger charge is -2.09. The van der Waals surface area contributed by atoms with Crippen molar-refractivity contribution < 1.29 is 19.1 Å². The van der Waals surface area contributed by atoms with E-state index in [4.69, 9.17) is 9.47 Å². The van der Waals surface area contributed by atoms with Gasteiger partial charge in [-0.25, -0.2) is 4.79 Å². The number of para-hydroxylation sites is 2. The number of rotatable bonds is 6. The molecule has 1 amide bonds. The molecule has 0 bridgehead atoms. The molecule has 0 heterocycles. The third kappa shape index (κ3) is 5.14. The van der Waals surface area contributed by atoms with Crippen molar-refractivity contribution in [2.75, 3.05) is 13.7 Å². The third-order valence-corrected chi connectivity index (χ3v) is 3.21. The summed E-state index contributed by atoms with van der Waals surface area (Å²) in [6, 6.07) is 14.5. The summed E-state index contributed by atoms with van der Waals surface area (Å²) < 4.78 is 10.3. The van der Waals surface area contributed by atoms with Gasteiger partial charge in [-0.1, -0.05) is 42.0 Å². The number of esters is 1. The zero-order valence-electron chi connectivity index (χ0n) is 13.2. The number of hydrogen-bond acceptors (Lipinski definition) is 4. The quantitative estimate of drug-likeness (QED) is 0.656. The Balaban J connectivity index is 1.82. The zero-order chi connectivity index (χ0) is 16.7. The van der Waals surface area contributed by atoms with Gasteiger partial charge in [0.15, 0.2) is 11.5 Å². The summed E-state index contributed by atoms with van der Waals surface area (Å²) in [5.74, 6) is 0.0113. The first kappa shape index (κ1) is 16.5. The van der Waals surface area contributed by atoms with Gasteiger partial charge in [-0.05, 0) is 24.6 Å². The molecule has 0 unspecified atom stereocenters. The molecule has 120 valence electrons. The molecule has 1 N–H and O–H groups in total. The molecule has 0 spiro atoms. The Kier molecular flexibility index (Phi) is 5.74. The van der Waals surface area contributed by atoms with Gasteiger partial charge in [0.25, 0.3) is 0 Å². The number of aryl methyl sites for hydroxylation is 1. The van der Waals surface area contributed by atoms with Crippen LogP contribution in [-0.2, 0) is 16.0 Å². The molecule has 0 aliphatic rings. The second-order valence-electron chi connectivity index (χ2n) is 5.06. The van der Waals surface area contributed by atoms with E-state index in [0.717, 1.165) is 11.1 Å². The fraction of sp³-hybridized carbons (Fsp3) is 0.222. The monoisotopic (exact) mass is 313 g/mol. The molecule has 0 fully saturated rings. The minimum absolute atomic E-state index is 0.192. The maximum Gasteiger partial charge on any atom is 0.330 e. The van der Waals surface area contributed by atoms with Crippen molar-refractivity contribution in [1.29, 1.82) is 0 Å². The smallest absolute Gasteiger partial charge is 0.330 e. The molecule has 5 heteroatoms. The molecule has 0 aliphatic heterocycles. The van der Waals surface area contributed by atoms with E-state index in [1.807, 2.05) is 31.2 Å². The summed E-state index contributed by atoms with van der Waals surface area (Å²) in [6.07, 6.45) is 0.224. The standard InChI is InChI=1S/C18H19NO4/c1-13-7-9-14(10-8-13)11-17(20)19-12-18(21)23-16-6-4-3-5-15(16)22-2/h3-10H,11-12H2,1-2H3,(H,19,20). The summed E-state index contributed by atoms with van der Waals surface area (Å²) in [6.45, 7) is 1.79. The van der Waals surface area contributed by atoms with Gasteiger partial charge in [0, 0.05) is 0 Å². The Labute approximate surface area is 135 Å². The lowest BCUT2D eigenvalue weighted by atomic mass is 10.1. The highest BCUT2D eigenvalue weighted by Gasteiger charge is 2.11. The van der Waals surface area contributed by atoms with Crippen LogP contribution in [0.2, 0.25) is 0 Å². The van der Waals surface area contributed by atoms with Gasteiger partial charge in [0.2, 0.25) is 5.91 Å². The van der Waals surface area contributed by atoms with E-state index >= 15 is 0 Å². The molecule has 0 aliphatic carbocycles. The molecule has 2 rings (SSSR count). The van der Waals surface area contributed by atoms with E-state index in [1.165, 1.54) is 7.11 Å². The van der Waals surface area contributed by atoms with Crippen LogP contribution < -0.4 is 14.8 Å². The molecular weight excluding hydrogens is 294 g/mol. The van der Waals surface area contributed by atoms with Crippen LogP contribution in [-0.4, -0.2) is 25.5 Å². The average molecular weight is 313 g/mol. The Morgan fingerprint density at radius 3 is 2.30 bits per heavy atom. The van der Waals surface area contributed by atoms with E-state index < -0.39 is 5.97 Å². The van der Waals surface area contributed by atoms with Crippen molar-refractivity contribution in [3.8, 4) is 11.5 Å². The van der Waals surface area contributed by atoms with Crippen LogP contribution in [0.5, 0.6) is 11.5 Å². The second-order valence-corrected chi connectivity index (χ2v) is 5.06. The van der Waals surface area contributed by atoms with Gasteiger partial charge in [-0.3, -0.25) is 4.79 Å². The Morgan fingerprint density at radius 1 is 1.00 bits per heavy atom. The first-order chi connectivity index (χ1) is 11.1. The maximum absolute atomic E-state index is 11.8. The number of carbonyl (C=O) groups is 2. The molecule has 23 heavy (non-hydrogen) atoms. The highest BCUT2D eigenvalue weighted by atomic mass is 16.6. The van der Waals surface area contributed by atoms with Crippen LogP contribution in [0.1, 0.15) is 11.1 Å². The maximum atomic E-state index is 11.8. The van der Waals surface area contributed by atoms with E-state index in [2.05, 4.69) is 5.32 Å². The molecule has 0 saturated heterocycles. The number of carbonyl (C=O) groups excluding carboxylic acids is 2. The van der Waals surface area contributed by atoms with Crippen LogP contribution in [0.3, 0.4) is 0 Å². The predicted octanol–water partition coefficient (Wildman–Crippen LogP) is 2.27. The van der Waals surface area contributed by atoms with Crippen molar-refractivity contribution >= 4 is 11.9 Å². The van der Waals surface area contributed by atoms with Crippen molar-refractivity contribution in [2.45, 2.75) is 13.3 Å². The molecule has 0 saturated carbocycles. The van der Waals surface area contributed by atoms with Crippen molar-refractivity contribution in [1.82, 2.24) is 5.32 Å². The molecular formula is C18H19NO4. The molecule has 0 atom stereocenters. The van der Waals surface area contributed by atoms with Gasteiger partial charge in [-0.15, -0.1) is 0 Å². The Hall–Kier alpha value is -2.82. The molecule has 2 aromatic rings.